The molecule has 6 aromatic carbocycles. The molecule has 0 radical (unpaired) electrons. The van der Waals surface area contributed by atoms with Gasteiger partial charge in [-0.25, -0.2) is 0 Å². The maximum atomic E-state index is 6.03. The average molecular weight is 835 g/mol. The van der Waals surface area contributed by atoms with Gasteiger partial charge in [-0.1, -0.05) is 157 Å². The van der Waals surface area contributed by atoms with Crippen LogP contribution in [0.5, 0.6) is 11.5 Å². The molecule has 0 heterocycles. The van der Waals surface area contributed by atoms with E-state index >= 15 is 0 Å². The Morgan fingerprint density at radius 1 is 0.297 bits per heavy atom. The second-order valence-corrected chi connectivity index (χ2v) is 21.9. The van der Waals surface area contributed by atoms with Gasteiger partial charge in [-0.05, 0) is 178 Å². The Labute approximate surface area is 380 Å². The van der Waals surface area contributed by atoms with Gasteiger partial charge in [-0.2, -0.15) is 0 Å². The summed E-state index contributed by atoms with van der Waals surface area (Å²) in [5.41, 5.74) is 9.18. The summed E-state index contributed by atoms with van der Waals surface area (Å²) in [7, 11) is 0. The van der Waals surface area contributed by atoms with Crippen LogP contribution in [0.4, 0.5) is 0 Å². The first-order valence-corrected chi connectivity index (χ1v) is 23.8. The Balaban J connectivity index is 1.13. The van der Waals surface area contributed by atoms with Crippen LogP contribution < -0.4 is 9.47 Å². The van der Waals surface area contributed by atoms with Gasteiger partial charge in [0.2, 0.25) is 0 Å². The van der Waals surface area contributed by atoms with E-state index < -0.39 is 0 Å². The van der Waals surface area contributed by atoms with Crippen molar-refractivity contribution in [3.63, 3.8) is 0 Å². The molecular weight excluding hydrogens is 777 g/mol. The molecule has 8 bridgehead atoms. The number of terminal acetylenes is 2. The molecule has 64 heavy (non-hydrogen) atoms. The maximum absolute atomic E-state index is 6.03. The summed E-state index contributed by atoms with van der Waals surface area (Å²) >= 11 is 0. The average Bonchev–Trinajstić information content (AvgIpc) is 3.33. The summed E-state index contributed by atoms with van der Waals surface area (Å²) in [6, 6.07) is 65.8. The summed E-state index contributed by atoms with van der Waals surface area (Å²) in [5, 5.41) is 0. The van der Waals surface area contributed by atoms with Crippen LogP contribution in [0.15, 0.2) is 170 Å². The monoisotopic (exact) mass is 834 g/mol. The second kappa shape index (κ2) is 14.3. The summed E-state index contributed by atoms with van der Waals surface area (Å²) in [4.78, 5) is 0. The molecule has 0 N–H and O–H groups in total. The molecule has 4 atom stereocenters. The molecule has 8 aliphatic carbocycles. The minimum absolute atomic E-state index is 0.0107. The first kappa shape index (κ1) is 39.6. The van der Waals surface area contributed by atoms with Crippen LogP contribution in [0.1, 0.15) is 110 Å². The van der Waals surface area contributed by atoms with E-state index in [2.05, 4.69) is 182 Å². The summed E-state index contributed by atoms with van der Waals surface area (Å²) in [6.07, 6.45) is 25.7. The lowest BCUT2D eigenvalue weighted by Gasteiger charge is -2.81. The lowest BCUT2D eigenvalue weighted by atomic mass is 9.23. The first-order chi connectivity index (χ1) is 31.2. The standard InChI is InChI=1S/C62H58O2/c1-3-33-63-53-29-25-51(26-30-53)59-37-55(47-17-9-5-10-18-47)35-56(38-59,48-19-11-6-12-20-48)42-61(41-55,45-59)62-43-57(49-21-13-7-14-22-49)36-58(44-62,50-23-15-8-16-24-50)40-60(39-57,46-62)52-27-31-54(32-28-52)64-34-4-2/h1-2,5-32H,33-46H2. The van der Waals surface area contributed by atoms with Gasteiger partial charge < -0.3 is 9.47 Å². The predicted octanol–water partition coefficient (Wildman–Crippen LogP) is 13.4. The van der Waals surface area contributed by atoms with Gasteiger partial charge in [0.15, 0.2) is 0 Å². The summed E-state index contributed by atoms with van der Waals surface area (Å²) in [6.45, 7) is 0.554. The molecule has 318 valence electrons. The van der Waals surface area contributed by atoms with E-state index in [0.29, 0.717) is 0 Å². The van der Waals surface area contributed by atoms with Crippen molar-refractivity contribution < 1.29 is 9.47 Å². The Bertz CT molecular complexity index is 2450. The Hall–Kier alpha value is -5.96. The molecule has 0 aromatic heterocycles. The fourth-order valence-electron chi connectivity index (χ4n) is 17.5. The number of hydrogen-bond acceptors (Lipinski definition) is 2. The minimum atomic E-state index is -0.0303. The Morgan fingerprint density at radius 3 is 0.734 bits per heavy atom. The van der Waals surface area contributed by atoms with E-state index in [1.807, 2.05) is 0 Å². The lowest BCUT2D eigenvalue weighted by molar-refractivity contribution is -0.237. The van der Waals surface area contributed by atoms with Crippen molar-refractivity contribution in [1.29, 1.82) is 0 Å². The smallest absolute Gasteiger partial charge is 0.148 e. The zero-order chi connectivity index (χ0) is 43.1. The molecule has 14 rings (SSSR count). The molecule has 8 aliphatic rings. The van der Waals surface area contributed by atoms with Crippen molar-refractivity contribution in [1.82, 2.24) is 0 Å². The zero-order valence-electron chi connectivity index (χ0n) is 37.0. The van der Waals surface area contributed by atoms with Crippen molar-refractivity contribution in [2.75, 3.05) is 13.2 Å². The highest BCUT2D eigenvalue weighted by atomic mass is 16.5. The molecule has 6 aromatic rings. The van der Waals surface area contributed by atoms with Gasteiger partial charge in [0.1, 0.15) is 24.7 Å². The lowest BCUT2D eigenvalue weighted by Crippen LogP contribution is -2.75. The molecule has 0 amide bonds. The van der Waals surface area contributed by atoms with Crippen LogP contribution in [0.2, 0.25) is 0 Å². The van der Waals surface area contributed by atoms with Gasteiger partial charge in [0, 0.05) is 0 Å². The molecular formula is C62H58O2. The molecule has 8 fully saturated rings. The topological polar surface area (TPSA) is 18.5 Å². The molecule has 2 heteroatoms. The van der Waals surface area contributed by atoms with Gasteiger partial charge >= 0.3 is 0 Å². The van der Waals surface area contributed by atoms with E-state index in [1.165, 1.54) is 110 Å². The fraction of sp³-hybridized carbons (Fsp3) is 0.355. The Morgan fingerprint density at radius 2 is 0.516 bits per heavy atom. The third kappa shape index (κ3) is 5.80. The molecule has 0 spiro atoms. The van der Waals surface area contributed by atoms with E-state index in [-0.39, 0.29) is 56.5 Å². The van der Waals surface area contributed by atoms with Crippen molar-refractivity contribution in [3.05, 3.63) is 203 Å². The highest BCUT2D eigenvalue weighted by Gasteiger charge is 2.79. The number of hydrogen-bond donors (Lipinski definition) is 0. The third-order valence-corrected chi connectivity index (χ3v) is 18.4. The largest absolute Gasteiger partial charge is 0.481 e. The normalized spacial score (nSPS) is 35.0. The summed E-state index contributed by atoms with van der Waals surface area (Å²) < 4.78 is 12.1. The van der Waals surface area contributed by atoms with E-state index in [9.17, 15) is 0 Å². The first-order valence-electron chi connectivity index (χ1n) is 23.8. The van der Waals surface area contributed by atoms with Crippen LogP contribution in [0.25, 0.3) is 0 Å². The quantitative estimate of drug-likeness (QED) is 0.121. The summed E-state index contributed by atoms with van der Waals surface area (Å²) in [5.74, 6) is 7.05. The van der Waals surface area contributed by atoms with Crippen LogP contribution in [-0.4, -0.2) is 13.2 Å². The van der Waals surface area contributed by atoms with Gasteiger partial charge in [0.05, 0.1) is 0 Å². The van der Waals surface area contributed by atoms with Gasteiger partial charge in [-0.15, -0.1) is 12.8 Å². The molecule has 0 saturated heterocycles. The van der Waals surface area contributed by atoms with Crippen LogP contribution in [0, 0.1) is 35.5 Å². The van der Waals surface area contributed by atoms with E-state index in [1.54, 1.807) is 0 Å². The van der Waals surface area contributed by atoms with Crippen LogP contribution in [0.3, 0.4) is 0 Å². The number of rotatable bonds is 11. The van der Waals surface area contributed by atoms with Gasteiger partial charge in [-0.3, -0.25) is 0 Å². The van der Waals surface area contributed by atoms with Crippen molar-refractivity contribution >= 4 is 0 Å². The fourth-order valence-corrected chi connectivity index (χ4v) is 17.5. The number of benzene rings is 6. The molecule has 4 unspecified atom stereocenters. The number of ether oxygens (including phenoxy) is 2. The zero-order valence-corrected chi connectivity index (χ0v) is 37.0. The highest BCUT2D eigenvalue weighted by molar-refractivity contribution is 5.51. The Kier molecular flexibility index (Phi) is 8.83. The molecule has 2 nitrogen and oxygen atoms in total. The van der Waals surface area contributed by atoms with Gasteiger partial charge in [0.25, 0.3) is 0 Å². The minimum Gasteiger partial charge on any atom is -0.481 e. The van der Waals surface area contributed by atoms with Crippen molar-refractivity contribution in [2.45, 2.75) is 110 Å². The maximum Gasteiger partial charge on any atom is 0.148 e. The second-order valence-electron chi connectivity index (χ2n) is 21.9. The molecule has 8 saturated carbocycles. The van der Waals surface area contributed by atoms with Crippen LogP contribution in [-0.2, 0) is 32.5 Å². The van der Waals surface area contributed by atoms with E-state index in [4.69, 9.17) is 22.3 Å². The van der Waals surface area contributed by atoms with E-state index in [0.717, 1.165) is 11.5 Å². The predicted molar refractivity (Wildman–Crippen MR) is 258 cm³/mol. The SMILES string of the molecule is C#CCOc1ccc(C23CC4(c5ccccc5)CC(c5ccccc5)(C2)CC(C25CC6(c7ccccc7)CC(c7ccccc7)(CC(c7ccc(OCC#C)cc7)(C6)C2)C5)(C4)C3)cc1. The van der Waals surface area contributed by atoms with Crippen molar-refractivity contribution in [2.24, 2.45) is 10.8 Å². The third-order valence-electron chi connectivity index (χ3n) is 18.4. The van der Waals surface area contributed by atoms with Crippen LogP contribution >= 0.6 is 0 Å². The van der Waals surface area contributed by atoms with Crippen molar-refractivity contribution in [3.8, 4) is 36.2 Å². The molecule has 0 aliphatic heterocycles. The highest BCUT2D eigenvalue weighted by Crippen LogP contribution is 2.85.